The van der Waals surface area contributed by atoms with E-state index >= 15 is 0 Å². The van der Waals surface area contributed by atoms with Gasteiger partial charge in [-0.25, -0.2) is 0 Å². The number of halogens is 2. The molecule has 2 aromatic heterocycles. The number of amides is 1. The molecule has 0 aliphatic heterocycles. The Morgan fingerprint density at radius 2 is 1.89 bits per heavy atom. The zero-order valence-electron chi connectivity index (χ0n) is 15.0. The molecule has 146 valence electrons. The maximum atomic E-state index is 12.3. The molecule has 0 spiro atoms. The standard InChI is InChI=1S/C17H16Cl2N6O3/c1-10-16(25(27)28)11(2)24(21-10)9-15(26)20-17-14(19)8-23(22-17)7-12-3-5-13(18)6-4-12/h3-6,8H,7,9H2,1-2H3,(H,20,22,26). The van der Waals surface area contributed by atoms with Crippen LogP contribution in [-0.2, 0) is 17.9 Å². The van der Waals surface area contributed by atoms with Crippen LogP contribution in [0.2, 0.25) is 10.0 Å². The van der Waals surface area contributed by atoms with Gasteiger partial charge in [0.05, 0.1) is 11.5 Å². The van der Waals surface area contributed by atoms with Crippen LogP contribution < -0.4 is 5.32 Å². The fourth-order valence-electron chi connectivity index (χ4n) is 2.75. The van der Waals surface area contributed by atoms with Crippen LogP contribution in [0.5, 0.6) is 0 Å². The normalized spacial score (nSPS) is 10.9. The van der Waals surface area contributed by atoms with Crippen LogP contribution in [0.4, 0.5) is 11.5 Å². The van der Waals surface area contributed by atoms with Gasteiger partial charge in [-0.1, -0.05) is 35.3 Å². The number of carbonyl (C=O) groups excluding carboxylic acids is 1. The molecule has 9 nitrogen and oxygen atoms in total. The van der Waals surface area contributed by atoms with E-state index in [4.69, 9.17) is 23.2 Å². The van der Waals surface area contributed by atoms with Gasteiger partial charge in [0.15, 0.2) is 5.82 Å². The van der Waals surface area contributed by atoms with Gasteiger partial charge in [-0.15, -0.1) is 0 Å². The second-order valence-electron chi connectivity index (χ2n) is 6.13. The molecular formula is C17H16Cl2N6O3. The number of hydrogen-bond acceptors (Lipinski definition) is 5. The van der Waals surface area contributed by atoms with Gasteiger partial charge >= 0.3 is 5.69 Å². The quantitative estimate of drug-likeness (QED) is 0.482. The van der Waals surface area contributed by atoms with Crippen LogP contribution in [0, 0.1) is 24.0 Å². The Morgan fingerprint density at radius 1 is 1.21 bits per heavy atom. The van der Waals surface area contributed by atoms with Crippen molar-refractivity contribution >= 4 is 40.6 Å². The maximum Gasteiger partial charge on any atom is 0.312 e. The van der Waals surface area contributed by atoms with Crippen LogP contribution in [0.15, 0.2) is 30.5 Å². The molecule has 0 aliphatic rings. The van der Waals surface area contributed by atoms with E-state index in [0.717, 1.165) is 5.56 Å². The van der Waals surface area contributed by atoms with Gasteiger partial charge < -0.3 is 5.32 Å². The number of nitro groups is 1. The number of nitrogens with one attached hydrogen (secondary N) is 1. The van der Waals surface area contributed by atoms with Crippen molar-refractivity contribution in [3.8, 4) is 0 Å². The molecule has 0 bridgehead atoms. The second-order valence-corrected chi connectivity index (χ2v) is 6.98. The predicted octanol–water partition coefficient (Wildman–Crippen LogP) is 3.60. The molecule has 0 unspecified atom stereocenters. The third-order valence-corrected chi connectivity index (χ3v) is 4.58. The number of benzene rings is 1. The molecule has 0 aliphatic carbocycles. The first-order chi connectivity index (χ1) is 13.2. The molecule has 0 saturated carbocycles. The van der Waals surface area contributed by atoms with Crippen LogP contribution in [-0.4, -0.2) is 30.4 Å². The van der Waals surface area contributed by atoms with Gasteiger partial charge in [-0.3, -0.25) is 24.3 Å². The minimum absolute atomic E-state index is 0.0990. The lowest BCUT2D eigenvalue weighted by Crippen LogP contribution is -2.21. The molecule has 3 aromatic rings. The second kappa shape index (κ2) is 7.99. The molecule has 28 heavy (non-hydrogen) atoms. The summed E-state index contributed by atoms with van der Waals surface area (Å²) in [6.07, 6.45) is 1.60. The van der Waals surface area contributed by atoms with Crippen molar-refractivity contribution in [3.05, 3.63) is 67.6 Å². The third-order valence-electron chi connectivity index (χ3n) is 4.05. The average Bonchev–Trinajstić information content (AvgIpc) is 3.08. The third kappa shape index (κ3) is 4.32. The summed E-state index contributed by atoms with van der Waals surface area (Å²) in [5.41, 5.74) is 1.42. The van der Waals surface area contributed by atoms with Crippen LogP contribution in [0.25, 0.3) is 0 Å². The summed E-state index contributed by atoms with van der Waals surface area (Å²) >= 11 is 12.0. The first kappa shape index (κ1) is 19.8. The van der Waals surface area contributed by atoms with E-state index in [-0.39, 0.29) is 28.8 Å². The number of hydrogen-bond donors (Lipinski definition) is 1. The zero-order valence-corrected chi connectivity index (χ0v) is 16.5. The van der Waals surface area contributed by atoms with E-state index in [9.17, 15) is 14.9 Å². The minimum Gasteiger partial charge on any atom is -0.306 e. The number of aryl methyl sites for hydroxylation is 1. The molecular weight excluding hydrogens is 407 g/mol. The van der Waals surface area contributed by atoms with Crippen molar-refractivity contribution in [1.82, 2.24) is 19.6 Å². The lowest BCUT2D eigenvalue weighted by Gasteiger charge is -2.05. The topological polar surface area (TPSA) is 108 Å². The van der Waals surface area contributed by atoms with Crippen molar-refractivity contribution in [1.29, 1.82) is 0 Å². The lowest BCUT2D eigenvalue weighted by molar-refractivity contribution is -0.386. The molecule has 0 fully saturated rings. The Balaban J connectivity index is 1.69. The van der Waals surface area contributed by atoms with Crippen molar-refractivity contribution in [3.63, 3.8) is 0 Å². The van der Waals surface area contributed by atoms with E-state index in [2.05, 4.69) is 15.5 Å². The molecule has 1 aromatic carbocycles. The fraction of sp³-hybridized carbons (Fsp3) is 0.235. The molecule has 1 N–H and O–H groups in total. The number of rotatable bonds is 6. The van der Waals surface area contributed by atoms with E-state index in [1.54, 1.807) is 29.9 Å². The van der Waals surface area contributed by atoms with Crippen LogP contribution in [0.3, 0.4) is 0 Å². The first-order valence-corrected chi connectivity index (χ1v) is 8.96. The number of nitrogens with zero attached hydrogens (tertiary/aromatic N) is 5. The van der Waals surface area contributed by atoms with Gasteiger partial charge in [0.1, 0.15) is 23.0 Å². The van der Waals surface area contributed by atoms with E-state index < -0.39 is 10.8 Å². The SMILES string of the molecule is Cc1nn(CC(=O)Nc2nn(Cc3ccc(Cl)cc3)cc2Cl)c(C)c1[N+](=O)[O-]. The highest BCUT2D eigenvalue weighted by Crippen LogP contribution is 2.23. The minimum atomic E-state index is -0.513. The summed E-state index contributed by atoms with van der Waals surface area (Å²) in [6, 6.07) is 7.29. The van der Waals surface area contributed by atoms with Crippen molar-refractivity contribution in [2.75, 3.05) is 5.32 Å². The largest absolute Gasteiger partial charge is 0.312 e. The van der Waals surface area contributed by atoms with Gasteiger partial charge in [-0.05, 0) is 31.5 Å². The summed E-state index contributed by atoms with van der Waals surface area (Å²) in [7, 11) is 0. The fourth-order valence-corrected chi connectivity index (χ4v) is 3.08. The average molecular weight is 423 g/mol. The highest BCUT2D eigenvalue weighted by atomic mass is 35.5. The Kier molecular flexibility index (Phi) is 5.66. The predicted molar refractivity (Wildman–Crippen MR) is 105 cm³/mol. The van der Waals surface area contributed by atoms with E-state index in [0.29, 0.717) is 17.3 Å². The molecule has 11 heteroatoms. The Bertz CT molecular complexity index is 1040. The number of anilines is 1. The molecule has 0 saturated heterocycles. The van der Waals surface area contributed by atoms with E-state index in [1.807, 2.05) is 12.1 Å². The summed E-state index contributed by atoms with van der Waals surface area (Å²) in [5, 5.41) is 22.9. The van der Waals surface area contributed by atoms with Crippen LogP contribution in [0.1, 0.15) is 17.0 Å². The number of carbonyl (C=O) groups is 1. The monoisotopic (exact) mass is 422 g/mol. The van der Waals surface area contributed by atoms with Crippen molar-refractivity contribution in [2.45, 2.75) is 26.9 Å². The van der Waals surface area contributed by atoms with Crippen LogP contribution >= 0.6 is 23.2 Å². The molecule has 3 rings (SSSR count). The summed E-state index contributed by atoms with van der Waals surface area (Å²) in [6.45, 7) is 3.32. The van der Waals surface area contributed by atoms with Gasteiger partial charge in [0.25, 0.3) is 0 Å². The highest BCUT2D eigenvalue weighted by Gasteiger charge is 2.23. The summed E-state index contributed by atoms with van der Waals surface area (Å²) < 4.78 is 2.87. The molecule has 0 atom stereocenters. The lowest BCUT2D eigenvalue weighted by atomic mass is 10.2. The van der Waals surface area contributed by atoms with Crippen molar-refractivity contribution in [2.24, 2.45) is 0 Å². The van der Waals surface area contributed by atoms with Gasteiger partial charge in [-0.2, -0.15) is 10.2 Å². The Hall–Kier alpha value is -2.91. The Morgan fingerprint density at radius 3 is 2.50 bits per heavy atom. The number of aromatic nitrogens is 4. The van der Waals surface area contributed by atoms with Gasteiger partial charge in [0, 0.05) is 11.2 Å². The Labute approximate surface area is 170 Å². The summed E-state index contributed by atoms with van der Waals surface area (Å²) in [4.78, 5) is 22.9. The highest BCUT2D eigenvalue weighted by molar-refractivity contribution is 6.33. The summed E-state index contributed by atoms with van der Waals surface area (Å²) in [5.74, 6) is -0.240. The zero-order chi connectivity index (χ0) is 20.4. The molecule has 1 amide bonds. The maximum absolute atomic E-state index is 12.3. The smallest absolute Gasteiger partial charge is 0.306 e. The first-order valence-electron chi connectivity index (χ1n) is 8.20. The van der Waals surface area contributed by atoms with E-state index in [1.165, 1.54) is 11.6 Å². The molecule has 0 radical (unpaired) electrons. The molecule has 2 heterocycles. The van der Waals surface area contributed by atoms with Crippen molar-refractivity contribution < 1.29 is 9.72 Å². The van der Waals surface area contributed by atoms with Gasteiger partial charge in [0.2, 0.25) is 5.91 Å².